The zero-order valence-corrected chi connectivity index (χ0v) is 14.5. The van der Waals surface area contributed by atoms with Crippen molar-refractivity contribution >= 4 is 16.7 Å². The summed E-state index contributed by atoms with van der Waals surface area (Å²) >= 11 is 0. The van der Waals surface area contributed by atoms with Gasteiger partial charge in [0.25, 0.3) is 0 Å². The normalized spacial score (nSPS) is 10.9. The highest BCUT2D eigenvalue weighted by atomic mass is 19.1. The molecule has 2 aromatic carbocycles. The fourth-order valence-corrected chi connectivity index (χ4v) is 2.97. The summed E-state index contributed by atoms with van der Waals surface area (Å²) in [7, 11) is 1.82. The Hall–Kier alpha value is -3.34. The number of halogens is 1. The molecule has 0 fully saturated rings. The van der Waals surface area contributed by atoms with Crippen molar-refractivity contribution in [3.63, 3.8) is 0 Å². The molecule has 0 aliphatic rings. The molecule has 0 radical (unpaired) electrons. The van der Waals surface area contributed by atoms with E-state index in [1.54, 1.807) is 18.5 Å². The van der Waals surface area contributed by atoms with E-state index in [-0.39, 0.29) is 5.82 Å². The first-order chi connectivity index (χ1) is 12.7. The lowest BCUT2D eigenvalue weighted by molar-refractivity contribution is 0.631. The van der Waals surface area contributed by atoms with Gasteiger partial charge in [0.1, 0.15) is 11.6 Å². The molecule has 0 saturated heterocycles. The second-order valence-corrected chi connectivity index (χ2v) is 6.10. The van der Waals surface area contributed by atoms with Gasteiger partial charge in [-0.25, -0.2) is 14.4 Å². The van der Waals surface area contributed by atoms with Crippen molar-refractivity contribution in [2.45, 2.75) is 6.92 Å². The van der Waals surface area contributed by atoms with E-state index < -0.39 is 0 Å². The first-order valence-corrected chi connectivity index (χ1v) is 8.32. The molecule has 0 aliphatic carbocycles. The first-order valence-electron chi connectivity index (χ1n) is 8.32. The zero-order valence-electron chi connectivity index (χ0n) is 14.5. The van der Waals surface area contributed by atoms with Crippen LogP contribution in [0.4, 0.5) is 10.2 Å². The van der Waals surface area contributed by atoms with Crippen LogP contribution in [0.15, 0.2) is 60.9 Å². The molecule has 1 N–H and O–H groups in total. The molecule has 4 nitrogen and oxygen atoms in total. The monoisotopic (exact) mass is 344 g/mol. The largest absolute Gasteiger partial charge is 0.373 e. The van der Waals surface area contributed by atoms with E-state index in [2.05, 4.69) is 20.3 Å². The molecule has 0 unspecified atom stereocenters. The molecule has 0 saturated carbocycles. The van der Waals surface area contributed by atoms with Gasteiger partial charge in [-0.1, -0.05) is 17.7 Å². The van der Waals surface area contributed by atoms with E-state index in [4.69, 9.17) is 0 Å². The van der Waals surface area contributed by atoms with Gasteiger partial charge >= 0.3 is 0 Å². The van der Waals surface area contributed by atoms with Crippen LogP contribution < -0.4 is 5.32 Å². The molecule has 2 heterocycles. The van der Waals surface area contributed by atoms with Gasteiger partial charge in [0.15, 0.2) is 5.82 Å². The quantitative estimate of drug-likeness (QED) is 0.577. The van der Waals surface area contributed by atoms with Crippen molar-refractivity contribution in [1.29, 1.82) is 0 Å². The number of nitrogens with zero attached hydrogens (tertiary/aromatic N) is 3. The number of anilines is 1. The third-order valence-corrected chi connectivity index (χ3v) is 4.29. The molecule has 0 bridgehead atoms. The average Bonchev–Trinajstić information content (AvgIpc) is 2.69. The van der Waals surface area contributed by atoms with Crippen molar-refractivity contribution in [3.05, 3.63) is 72.3 Å². The number of fused-ring (bicyclic) bond motifs is 1. The third-order valence-electron chi connectivity index (χ3n) is 4.29. The van der Waals surface area contributed by atoms with Gasteiger partial charge in [0.05, 0.1) is 5.52 Å². The molecule has 0 atom stereocenters. The number of hydrogen-bond donors (Lipinski definition) is 1. The molecule has 0 amide bonds. The van der Waals surface area contributed by atoms with Crippen LogP contribution in [0, 0.1) is 12.7 Å². The number of rotatable bonds is 3. The van der Waals surface area contributed by atoms with E-state index in [0.717, 1.165) is 33.4 Å². The highest BCUT2D eigenvalue weighted by molar-refractivity contribution is 5.93. The summed E-state index contributed by atoms with van der Waals surface area (Å²) in [6.45, 7) is 1.95. The fourth-order valence-electron chi connectivity index (χ4n) is 2.97. The van der Waals surface area contributed by atoms with Gasteiger partial charge in [-0.15, -0.1) is 0 Å². The summed E-state index contributed by atoms with van der Waals surface area (Å²) < 4.78 is 14.3. The van der Waals surface area contributed by atoms with E-state index in [9.17, 15) is 4.39 Å². The van der Waals surface area contributed by atoms with Crippen LogP contribution in [-0.4, -0.2) is 22.0 Å². The van der Waals surface area contributed by atoms with Gasteiger partial charge in [0.2, 0.25) is 0 Å². The molecule has 5 heteroatoms. The van der Waals surface area contributed by atoms with Gasteiger partial charge in [0, 0.05) is 36.0 Å². The Bertz CT molecular complexity index is 1090. The molecular formula is C21H17FN4. The molecule has 0 spiro atoms. The fraction of sp³-hybridized carbons (Fsp3) is 0.0952. The smallest absolute Gasteiger partial charge is 0.163 e. The Morgan fingerprint density at radius 2 is 1.85 bits per heavy atom. The van der Waals surface area contributed by atoms with Crippen molar-refractivity contribution in [3.8, 4) is 22.5 Å². The number of benzene rings is 2. The lowest BCUT2D eigenvalue weighted by Gasteiger charge is -2.10. The molecule has 128 valence electrons. The number of nitrogens with one attached hydrogen (secondary N) is 1. The van der Waals surface area contributed by atoms with E-state index in [1.807, 2.05) is 50.4 Å². The Labute approximate surface area is 150 Å². The molecule has 26 heavy (non-hydrogen) atoms. The number of aryl methyl sites for hydroxylation is 1. The summed E-state index contributed by atoms with van der Waals surface area (Å²) in [6, 6.07) is 14.6. The minimum atomic E-state index is -0.245. The third kappa shape index (κ3) is 2.88. The van der Waals surface area contributed by atoms with Crippen LogP contribution in [0.25, 0.3) is 33.4 Å². The topological polar surface area (TPSA) is 50.7 Å². The van der Waals surface area contributed by atoms with Gasteiger partial charge < -0.3 is 5.32 Å². The molecule has 4 rings (SSSR count). The molecule has 2 aromatic heterocycles. The predicted octanol–water partition coefficient (Wildman–Crippen LogP) is 4.85. The van der Waals surface area contributed by atoms with Crippen LogP contribution in [0.5, 0.6) is 0 Å². The highest BCUT2D eigenvalue weighted by Gasteiger charge is 2.12. The van der Waals surface area contributed by atoms with Crippen molar-refractivity contribution in [1.82, 2.24) is 15.0 Å². The lowest BCUT2D eigenvalue weighted by Crippen LogP contribution is -1.99. The lowest BCUT2D eigenvalue weighted by atomic mass is 10.0. The Morgan fingerprint density at radius 1 is 0.962 bits per heavy atom. The summed E-state index contributed by atoms with van der Waals surface area (Å²) in [5.74, 6) is 1.06. The Morgan fingerprint density at radius 3 is 2.62 bits per heavy atom. The number of hydrogen-bond acceptors (Lipinski definition) is 4. The van der Waals surface area contributed by atoms with Gasteiger partial charge in [-0.05, 0) is 48.9 Å². The van der Waals surface area contributed by atoms with E-state index in [0.29, 0.717) is 11.4 Å². The highest BCUT2D eigenvalue weighted by Crippen LogP contribution is 2.30. The Balaban J connectivity index is 1.93. The number of pyridine rings is 1. The summed E-state index contributed by atoms with van der Waals surface area (Å²) in [4.78, 5) is 13.4. The maximum absolute atomic E-state index is 14.3. The Kier molecular flexibility index (Phi) is 4.05. The zero-order chi connectivity index (χ0) is 18.1. The molecular weight excluding hydrogens is 327 g/mol. The molecule has 0 aliphatic heterocycles. The van der Waals surface area contributed by atoms with Crippen molar-refractivity contribution in [2.24, 2.45) is 0 Å². The van der Waals surface area contributed by atoms with E-state index >= 15 is 0 Å². The maximum Gasteiger partial charge on any atom is 0.163 e. The summed E-state index contributed by atoms with van der Waals surface area (Å²) in [5, 5.41) is 4.00. The minimum Gasteiger partial charge on any atom is -0.373 e. The van der Waals surface area contributed by atoms with Crippen LogP contribution >= 0.6 is 0 Å². The van der Waals surface area contributed by atoms with Crippen LogP contribution in [0.2, 0.25) is 0 Å². The van der Waals surface area contributed by atoms with Crippen LogP contribution in [0.1, 0.15) is 5.56 Å². The van der Waals surface area contributed by atoms with E-state index in [1.165, 1.54) is 6.07 Å². The predicted molar refractivity (Wildman–Crippen MR) is 102 cm³/mol. The average molecular weight is 344 g/mol. The van der Waals surface area contributed by atoms with Crippen LogP contribution in [-0.2, 0) is 0 Å². The second-order valence-electron chi connectivity index (χ2n) is 6.10. The number of aromatic nitrogens is 3. The summed E-state index contributed by atoms with van der Waals surface area (Å²) in [6.07, 6.45) is 3.44. The summed E-state index contributed by atoms with van der Waals surface area (Å²) in [5.41, 5.74) is 3.95. The molecule has 4 aromatic rings. The van der Waals surface area contributed by atoms with Crippen molar-refractivity contribution < 1.29 is 4.39 Å². The van der Waals surface area contributed by atoms with Gasteiger partial charge in [-0.2, -0.15) is 0 Å². The van der Waals surface area contributed by atoms with Crippen LogP contribution in [0.3, 0.4) is 0 Å². The standard InChI is InChI=1S/C21H17FN4/c1-13-5-8-18(22)17(10-13)14-6-7-16-19(11-14)25-20(26-21(16)23-2)15-4-3-9-24-12-15/h3-12H,1-2H3,(H,23,25,26). The second kappa shape index (κ2) is 6.52. The van der Waals surface area contributed by atoms with Gasteiger partial charge in [-0.3, -0.25) is 4.98 Å². The minimum absolute atomic E-state index is 0.245. The SMILES string of the molecule is CNc1nc(-c2cccnc2)nc2cc(-c3cc(C)ccc3F)ccc12. The maximum atomic E-state index is 14.3. The van der Waals surface area contributed by atoms with Crippen molar-refractivity contribution in [2.75, 3.05) is 12.4 Å². The first kappa shape index (κ1) is 16.1.